The van der Waals surface area contributed by atoms with Gasteiger partial charge in [0.25, 0.3) is 0 Å². The Morgan fingerprint density at radius 2 is 2.05 bits per heavy atom. The van der Waals surface area contributed by atoms with Gasteiger partial charge in [0.1, 0.15) is 17.8 Å². The summed E-state index contributed by atoms with van der Waals surface area (Å²) in [5.74, 6) is 0.362. The molecule has 1 heterocycles. The summed E-state index contributed by atoms with van der Waals surface area (Å²) in [6.45, 7) is 2.00. The Bertz CT molecular complexity index is 607. The highest BCUT2D eigenvalue weighted by molar-refractivity contribution is 7.98. The second-order valence-electron chi connectivity index (χ2n) is 4.10. The molecule has 0 spiro atoms. The molecule has 1 atom stereocenters. The number of rotatable bonds is 4. The Hall–Kier alpha value is -1.75. The molecule has 0 aliphatic rings. The first kappa shape index (κ1) is 13.7. The molecule has 5 heteroatoms. The number of thioether (sulfide) groups is 1. The Labute approximate surface area is 114 Å². The van der Waals surface area contributed by atoms with Crippen molar-refractivity contribution in [3.8, 4) is 5.75 Å². The van der Waals surface area contributed by atoms with Gasteiger partial charge in [0.2, 0.25) is 5.43 Å². The molecule has 1 aromatic heterocycles. The largest absolute Gasteiger partial charge is 0.502 e. The zero-order valence-corrected chi connectivity index (χ0v) is 11.1. The molecule has 0 amide bonds. The molecular weight excluding hydrogens is 267 g/mol. The summed E-state index contributed by atoms with van der Waals surface area (Å²) in [6, 6.07) is 7.60. The van der Waals surface area contributed by atoms with Gasteiger partial charge in [0.15, 0.2) is 5.75 Å². The predicted molar refractivity (Wildman–Crippen MR) is 72.8 cm³/mol. The normalized spacial score (nSPS) is 12.3. The van der Waals surface area contributed by atoms with E-state index in [1.165, 1.54) is 18.2 Å². The van der Waals surface area contributed by atoms with Crippen molar-refractivity contribution in [1.29, 1.82) is 0 Å². The highest BCUT2D eigenvalue weighted by atomic mass is 32.2. The SMILES string of the molecule is CC(SCc1cc(=O)c(O)co1)c1ccc(F)cc1. The van der Waals surface area contributed by atoms with E-state index in [9.17, 15) is 9.18 Å². The molecular formula is C14H13FO3S. The Morgan fingerprint density at radius 1 is 1.37 bits per heavy atom. The van der Waals surface area contributed by atoms with Crippen molar-refractivity contribution in [3.63, 3.8) is 0 Å². The van der Waals surface area contributed by atoms with Crippen LogP contribution in [0.15, 0.2) is 45.8 Å². The molecule has 1 unspecified atom stereocenters. The lowest BCUT2D eigenvalue weighted by Gasteiger charge is -2.11. The van der Waals surface area contributed by atoms with E-state index in [0.717, 1.165) is 11.8 Å². The van der Waals surface area contributed by atoms with E-state index in [-0.39, 0.29) is 16.8 Å². The lowest BCUT2D eigenvalue weighted by atomic mass is 10.2. The minimum absolute atomic E-state index is 0.153. The Balaban J connectivity index is 2.00. The molecule has 0 fully saturated rings. The standard InChI is InChI=1S/C14H13FO3S/c1-9(10-2-4-11(15)5-3-10)19-8-12-6-13(16)14(17)7-18-12/h2-7,9,17H,8H2,1H3. The third kappa shape index (κ3) is 3.61. The summed E-state index contributed by atoms with van der Waals surface area (Å²) in [5, 5.41) is 9.23. The first-order chi connectivity index (χ1) is 9.06. The third-order valence-corrected chi connectivity index (χ3v) is 3.90. The van der Waals surface area contributed by atoms with Crippen LogP contribution in [0, 0.1) is 5.82 Å². The van der Waals surface area contributed by atoms with Gasteiger partial charge in [0.05, 0.1) is 5.75 Å². The number of hydrogen-bond donors (Lipinski definition) is 1. The minimum Gasteiger partial charge on any atom is -0.502 e. The van der Waals surface area contributed by atoms with Crippen LogP contribution in [-0.2, 0) is 5.75 Å². The van der Waals surface area contributed by atoms with E-state index >= 15 is 0 Å². The second-order valence-corrected chi connectivity index (χ2v) is 5.43. The zero-order valence-electron chi connectivity index (χ0n) is 10.3. The number of hydrogen-bond acceptors (Lipinski definition) is 4. The average Bonchev–Trinajstić information content (AvgIpc) is 2.40. The summed E-state index contributed by atoms with van der Waals surface area (Å²) in [4.78, 5) is 11.2. The molecule has 0 aliphatic heterocycles. The molecule has 0 bridgehead atoms. The fourth-order valence-electron chi connectivity index (χ4n) is 1.56. The molecule has 100 valence electrons. The molecule has 1 N–H and O–H groups in total. The van der Waals surface area contributed by atoms with Crippen LogP contribution in [0.25, 0.3) is 0 Å². The van der Waals surface area contributed by atoms with Gasteiger partial charge in [-0.05, 0) is 24.6 Å². The Kier molecular flexibility index (Phi) is 4.27. The Morgan fingerprint density at radius 3 is 2.68 bits per heavy atom. The third-order valence-electron chi connectivity index (χ3n) is 2.68. The van der Waals surface area contributed by atoms with E-state index in [4.69, 9.17) is 9.52 Å². The fraction of sp³-hybridized carbons (Fsp3) is 0.214. The average molecular weight is 280 g/mol. The van der Waals surface area contributed by atoms with Gasteiger partial charge in [-0.2, -0.15) is 0 Å². The first-order valence-corrected chi connectivity index (χ1v) is 6.79. The zero-order chi connectivity index (χ0) is 13.8. The van der Waals surface area contributed by atoms with Crippen molar-refractivity contribution in [1.82, 2.24) is 0 Å². The van der Waals surface area contributed by atoms with Crippen LogP contribution in [0.2, 0.25) is 0 Å². The summed E-state index contributed by atoms with van der Waals surface area (Å²) in [5.41, 5.74) is 0.559. The van der Waals surface area contributed by atoms with Crippen LogP contribution in [0.5, 0.6) is 5.75 Å². The van der Waals surface area contributed by atoms with E-state index in [0.29, 0.717) is 11.5 Å². The van der Waals surface area contributed by atoms with Crippen LogP contribution in [0.3, 0.4) is 0 Å². The first-order valence-electron chi connectivity index (χ1n) is 5.74. The van der Waals surface area contributed by atoms with Crippen molar-refractivity contribution in [2.45, 2.75) is 17.9 Å². The lowest BCUT2D eigenvalue weighted by Crippen LogP contribution is -1.99. The minimum atomic E-state index is -0.448. The van der Waals surface area contributed by atoms with Gasteiger partial charge >= 0.3 is 0 Å². The van der Waals surface area contributed by atoms with E-state index in [1.807, 2.05) is 6.92 Å². The van der Waals surface area contributed by atoms with Gasteiger partial charge < -0.3 is 9.52 Å². The molecule has 0 aliphatic carbocycles. The highest BCUT2D eigenvalue weighted by Gasteiger charge is 2.08. The summed E-state index contributed by atoms with van der Waals surface area (Å²) in [6.07, 6.45) is 1.04. The van der Waals surface area contributed by atoms with Crippen molar-refractivity contribution in [3.05, 3.63) is 64.0 Å². The maximum absolute atomic E-state index is 12.8. The van der Waals surface area contributed by atoms with E-state index < -0.39 is 5.43 Å². The molecule has 0 saturated heterocycles. The van der Waals surface area contributed by atoms with Crippen LogP contribution in [-0.4, -0.2) is 5.11 Å². The van der Waals surface area contributed by atoms with Gasteiger partial charge in [-0.15, -0.1) is 11.8 Å². The van der Waals surface area contributed by atoms with Gasteiger partial charge in [-0.1, -0.05) is 12.1 Å². The number of aromatic hydroxyl groups is 1. The molecule has 0 radical (unpaired) electrons. The molecule has 3 nitrogen and oxygen atoms in total. The van der Waals surface area contributed by atoms with Crippen molar-refractivity contribution < 1.29 is 13.9 Å². The topological polar surface area (TPSA) is 50.4 Å². The van der Waals surface area contributed by atoms with E-state index in [2.05, 4.69) is 0 Å². The maximum Gasteiger partial charge on any atom is 0.226 e. The highest BCUT2D eigenvalue weighted by Crippen LogP contribution is 2.30. The molecule has 2 aromatic rings. The predicted octanol–water partition coefficient (Wildman–Crippen LogP) is 3.48. The van der Waals surface area contributed by atoms with Crippen LogP contribution < -0.4 is 5.43 Å². The summed E-state index contributed by atoms with van der Waals surface area (Å²) in [7, 11) is 0. The number of halogens is 1. The van der Waals surface area contributed by atoms with Crippen LogP contribution in [0.4, 0.5) is 4.39 Å². The van der Waals surface area contributed by atoms with Gasteiger partial charge in [0, 0.05) is 11.3 Å². The lowest BCUT2D eigenvalue weighted by molar-refractivity contribution is 0.419. The summed E-state index contributed by atoms with van der Waals surface area (Å²) >= 11 is 1.57. The van der Waals surface area contributed by atoms with Crippen LogP contribution >= 0.6 is 11.8 Å². The van der Waals surface area contributed by atoms with Crippen molar-refractivity contribution in [2.75, 3.05) is 0 Å². The fourth-order valence-corrected chi connectivity index (χ4v) is 2.47. The van der Waals surface area contributed by atoms with Gasteiger partial charge in [-0.3, -0.25) is 4.79 Å². The van der Waals surface area contributed by atoms with Gasteiger partial charge in [-0.25, -0.2) is 4.39 Å². The maximum atomic E-state index is 12.8. The van der Waals surface area contributed by atoms with Crippen LogP contribution in [0.1, 0.15) is 23.5 Å². The quantitative estimate of drug-likeness (QED) is 0.931. The molecule has 19 heavy (non-hydrogen) atoms. The molecule has 2 rings (SSSR count). The number of benzene rings is 1. The molecule has 0 saturated carbocycles. The molecule has 1 aromatic carbocycles. The van der Waals surface area contributed by atoms with E-state index in [1.54, 1.807) is 23.9 Å². The monoisotopic (exact) mass is 280 g/mol. The second kappa shape index (κ2) is 5.93. The summed E-state index contributed by atoms with van der Waals surface area (Å²) < 4.78 is 17.9. The smallest absolute Gasteiger partial charge is 0.226 e. The van der Waals surface area contributed by atoms with Crippen molar-refractivity contribution >= 4 is 11.8 Å². The van der Waals surface area contributed by atoms with Crippen molar-refractivity contribution in [2.24, 2.45) is 0 Å².